The van der Waals surface area contributed by atoms with E-state index in [4.69, 9.17) is 4.74 Å². The number of carbonyl (C=O) groups is 1. The molecule has 1 amide bonds. The molecule has 1 N–H and O–H groups in total. The van der Waals surface area contributed by atoms with Crippen molar-refractivity contribution in [1.29, 1.82) is 0 Å². The Morgan fingerprint density at radius 1 is 1.30 bits per heavy atom. The number of carbonyl (C=O) groups excluding carboxylic acids is 1. The van der Waals surface area contributed by atoms with Crippen LogP contribution >= 0.6 is 0 Å². The Hall–Kier alpha value is -1.58. The van der Waals surface area contributed by atoms with E-state index in [2.05, 4.69) is 5.32 Å². The predicted octanol–water partition coefficient (Wildman–Crippen LogP) is 2.90. The molecule has 108 valence electrons. The van der Waals surface area contributed by atoms with Gasteiger partial charge in [0.15, 0.2) is 6.10 Å². The first-order valence-electron chi connectivity index (χ1n) is 7.34. The minimum atomic E-state index is -0.556. The number of halogens is 1. The van der Waals surface area contributed by atoms with E-state index in [0.717, 1.165) is 12.3 Å². The number of hydrogen-bond acceptors (Lipinski definition) is 2. The van der Waals surface area contributed by atoms with Gasteiger partial charge in [-0.3, -0.25) is 4.79 Å². The topological polar surface area (TPSA) is 38.3 Å². The Bertz CT molecular complexity index is 488. The van der Waals surface area contributed by atoms with Gasteiger partial charge in [0.05, 0.1) is 0 Å². The van der Waals surface area contributed by atoms with Gasteiger partial charge in [-0.15, -0.1) is 0 Å². The van der Waals surface area contributed by atoms with Gasteiger partial charge in [-0.05, 0) is 62.3 Å². The quantitative estimate of drug-likeness (QED) is 0.919. The molecular weight excluding hydrogens is 257 g/mol. The summed E-state index contributed by atoms with van der Waals surface area (Å²) in [5.74, 6) is 1.59. The zero-order valence-corrected chi connectivity index (χ0v) is 11.6. The van der Waals surface area contributed by atoms with Crippen molar-refractivity contribution in [1.82, 2.24) is 5.32 Å². The molecule has 0 saturated heterocycles. The molecule has 3 nitrogen and oxygen atoms in total. The van der Waals surface area contributed by atoms with Crippen LogP contribution in [0.4, 0.5) is 4.39 Å². The molecule has 1 aromatic carbocycles. The summed E-state index contributed by atoms with van der Waals surface area (Å²) in [5, 5.41) is 3.10. The molecule has 0 unspecified atom stereocenters. The van der Waals surface area contributed by atoms with Crippen LogP contribution in [-0.2, 0) is 4.79 Å². The summed E-state index contributed by atoms with van der Waals surface area (Å²) in [7, 11) is 0. The first kappa shape index (κ1) is 13.4. The second-order valence-electron chi connectivity index (χ2n) is 6.00. The van der Waals surface area contributed by atoms with Crippen LogP contribution in [0.25, 0.3) is 0 Å². The first-order valence-corrected chi connectivity index (χ1v) is 7.34. The fourth-order valence-electron chi connectivity index (χ4n) is 3.49. The van der Waals surface area contributed by atoms with Crippen LogP contribution < -0.4 is 10.1 Å². The lowest BCUT2D eigenvalue weighted by molar-refractivity contribution is -0.128. The maximum atomic E-state index is 12.8. The SMILES string of the molecule is C[C@H](Oc1ccc(F)cc1)C(=O)N[C@H]1C[C@@H]2CC[C@@H]1C2. The third-order valence-electron chi connectivity index (χ3n) is 4.56. The van der Waals surface area contributed by atoms with E-state index in [9.17, 15) is 9.18 Å². The average molecular weight is 277 g/mol. The van der Waals surface area contributed by atoms with Crippen LogP contribution in [0.5, 0.6) is 5.75 Å². The fraction of sp³-hybridized carbons (Fsp3) is 0.562. The third kappa shape index (κ3) is 2.79. The maximum absolute atomic E-state index is 12.8. The highest BCUT2D eigenvalue weighted by molar-refractivity contribution is 5.81. The monoisotopic (exact) mass is 277 g/mol. The van der Waals surface area contributed by atoms with Crippen molar-refractivity contribution in [2.24, 2.45) is 11.8 Å². The van der Waals surface area contributed by atoms with Gasteiger partial charge in [-0.2, -0.15) is 0 Å². The van der Waals surface area contributed by atoms with Crippen molar-refractivity contribution in [3.8, 4) is 5.75 Å². The van der Waals surface area contributed by atoms with E-state index < -0.39 is 6.10 Å². The average Bonchev–Trinajstić information content (AvgIpc) is 3.03. The van der Waals surface area contributed by atoms with Crippen molar-refractivity contribution in [3.05, 3.63) is 30.1 Å². The van der Waals surface area contributed by atoms with Crippen molar-refractivity contribution in [3.63, 3.8) is 0 Å². The molecule has 0 aromatic heterocycles. The molecule has 3 rings (SSSR count). The molecule has 2 aliphatic rings. The van der Waals surface area contributed by atoms with E-state index in [-0.39, 0.29) is 11.7 Å². The van der Waals surface area contributed by atoms with Crippen molar-refractivity contribution in [2.75, 3.05) is 0 Å². The van der Waals surface area contributed by atoms with Crippen molar-refractivity contribution < 1.29 is 13.9 Å². The molecule has 2 fully saturated rings. The lowest BCUT2D eigenvalue weighted by Crippen LogP contribution is -2.44. The molecule has 0 heterocycles. The largest absolute Gasteiger partial charge is 0.481 e. The molecule has 4 heteroatoms. The number of hydrogen-bond donors (Lipinski definition) is 1. The number of fused-ring (bicyclic) bond motifs is 2. The molecule has 0 aliphatic heterocycles. The van der Waals surface area contributed by atoms with Gasteiger partial charge in [0, 0.05) is 6.04 Å². The second-order valence-corrected chi connectivity index (χ2v) is 6.00. The minimum Gasteiger partial charge on any atom is -0.481 e. The van der Waals surface area contributed by atoms with Crippen LogP contribution in [0.2, 0.25) is 0 Å². The van der Waals surface area contributed by atoms with Gasteiger partial charge in [-0.1, -0.05) is 6.42 Å². The maximum Gasteiger partial charge on any atom is 0.261 e. The standard InChI is InChI=1S/C16H20FNO2/c1-10(20-14-6-4-13(17)5-7-14)16(19)18-15-9-11-2-3-12(15)8-11/h4-7,10-12,15H,2-3,8-9H2,1H3,(H,18,19)/t10-,11+,12+,15-/m0/s1. The predicted molar refractivity (Wildman–Crippen MR) is 73.9 cm³/mol. The Morgan fingerprint density at radius 3 is 2.65 bits per heavy atom. The summed E-state index contributed by atoms with van der Waals surface area (Å²) in [6, 6.07) is 6.06. The highest BCUT2D eigenvalue weighted by Gasteiger charge is 2.40. The van der Waals surface area contributed by atoms with Gasteiger partial charge in [-0.25, -0.2) is 4.39 Å². The smallest absolute Gasteiger partial charge is 0.261 e. The van der Waals surface area contributed by atoms with Crippen LogP contribution in [0.1, 0.15) is 32.6 Å². The highest BCUT2D eigenvalue weighted by Crippen LogP contribution is 2.44. The van der Waals surface area contributed by atoms with Crippen molar-refractivity contribution in [2.45, 2.75) is 44.8 Å². The highest BCUT2D eigenvalue weighted by atomic mass is 19.1. The second kappa shape index (κ2) is 5.43. The van der Waals surface area contributed by atoms with Gasteiger partial charge in [0.1, 0.15) is 11.6 Å². The minimum absolute atomic E-state index is 0.0770. The van der Waals surface area contributed by atoms with Gasteiger partial charge in [0.2, 0.25) is 0 Å². The van der Waals surface area contributed by atoms with Crippen LogP contribution in [-0.4, -0.2) is 18.1 Å². The zero-order chi connectivity index (χ0) is 14.1. The van der Waals surface area contributed by atoms with E-state index in [1.165, 1.54) is 43.5 Å². The Kier molecular flexibility index (Phi) is 3.64. The van der Waals surface area contributed by atoms with E-state index in [1.807, 2.05) is 0 Å². The van der Waals surface area contributed by atoms with Crippen LogP contribution in [0.15, 0.2) is 24.3 Å². The van der Waals surface area contributed by atoms with Gasteiger partial charge >= 0.3 is 0 Å². The zero-order valence-electron chi connectivity index (χ0n) is 11.6. The summed E-state index contributed by atoms with van der Waals surface area (Å²) in [6.07, 6.45) is 4.37. The van der Waals surface area contributed by atoms with Crippen molar-refractivity contribution >= 4 is 5.91 Å². The lowest BCUT2D eigenvalue weighted by atomic mass is 9.95. The van der Waals surface area contributed by atoms with Crippen LogP contribution in [0, 0.1) is 17.7 Å². The molecule has 20 heavy (non-hydrogen) atoms. The molecule has 0 spiro atoms. The Morgan fingerprint density at radius 2 is 2.05 bits per heavy atom. The van der Waals surface area contributed by atoms with Crippen LogP contribution in [0.3, 0.4) is 0 Å². The fourth-order valence-corrected chi connectivity index (χ4v) is 3.49. The third-order valence-corrected chi connectivity index (χ3v) is 4.56. The summed E-state index contributed by atoms with van der Waals surface area (Å²) in [5.41, 5.74) is 0. The summed E-state index contributed by atoms with van der Waals surface area (Å²) in [4.78, 5) is 12.1. The molecule has 2 bridgehead atoms. The normalized spacial score (nSPS) is 29.2. The summed E-state index contributed by atoms with van der Waals surface area (Å²) < 4.78 is 18.3. The Balaban J connectivity index is 1.53. The van der Waals surface area contributed by atoms with E-state index >= 15 is 0 Å². The summed E-state index contributed by atoms with van der Waals surface area (Å²) >= 11 is 0. The number of benzene rings is 1. The molecule has 0 radical (unpaired) electrons. The van der Waals surface area contributed by atoms with E-state index in [1.54, 1.807) is 6.92 Å². The molecular formula is C16H20FNO2. The molecule has 1 aromatic rings. The Labute approximate surface area is 118 Å². The van der Waals surface area contributed by atoms with Gasteiger partial charge < -0.3 is 10.1 Å². The number of rotatable bonds is 4. The number of nitrogens with one attached hydrogen (secondary N) is 1. The number of amides is 1. The number of ether oxygens (including phenoxy) is 1. The lowest BCUT2D eigenvalue weighted by Gasteiger charge is -2.24. The molecule has 2 saturated carbocycles. The van der Waals surface area contributed by atoms with Gasteiger partial charge in [0.25, 0.3) is 5.91 Å². The van der Waals surface area contributed by atoms with E-state index in [0.29, 0.717) is 17.7 Å². The molecule has 4 atom stereocenters. The summed E-state index contributed by atoms with van der Waals surface area (Å²) in [6.45, 7) is 1.73. The first-order chi connectivity index (χ1) is 9.61. The molecule has 2 aliphatic carbocycles.